The highest BCUT2D eigenvalue weighted by Gasteiger charge is 2.62. The van der Waals surface area contributed by atoms with E-state index in [4.69, 9.17) is 11.5 Å². The molecule has 41 heavy (non-hydrogen) atoms. The van der Waals surface area contributed by atoms with E-state index in [1.165, 1.54) is 30.3 Å². The number of aromatic nitrogens is 1. The number of amides is 3. The first kappa shape index (κ1) is 29.3. The molecule has 0 bridgehead atoms. The Morgan fingerprint density at radius 2 is 1.59 bits per heavy atom. The Labute approximate surface area is 236 Å². The Bertz CT molecular complexity index is 1550. The Morgan fingerprint density at radius 3 is 2.24 bits per heavy atom. The van der Waals surface area contributed by atoms with Crippen LogP contribution in [0.1, 0.15) is 35.0 Å². The second-order valence-electron chi connectivity index (χ2n) is 9.89. The lowest BCUT2D eigenvalue weighted by molar-refractivity contribution is -0.163. The molecule has 0 aliphatic heterocycles. The second kappa shape index (κ2) is 12.2. The maximum atomic E-state index is 13.8. The predicted octanol–water partition coefficient (Wildman–Crippen LogP) is 2.56. The highest BCUT2D eigenvalue weighted by Crippen LogP contribution is 2.32. The number of carbonyl (C=O) groups excluding carboxylic acids is 3. The molecule has 3 unspecified atom stereocenters. The van der Waals surface area contributed by atoms with Gasteiger partial charge in [-0.3, -0.25) is 14.4 Å². The molecule has 0 saturated heterocycles. The summed E-state index contributed by atoms with van der Waals surface area (Å²) in [6.07, 6.45) is 0.403. The fourth-order valence-corrected chi connectivity index (χ4v) is 4.88. The fraction of sp³-hybridized carbons (Fsp3) is 0.226. The molecule has 0 fully saturated rings. The van der Waals surface area contributed by atoms with Crippen LogP contribution in [0.2, 0.25) is 0 Å². The van der Waals surface area contributed by atoms with Gasteiger partial charge in [-0.05, 0) is 47.7 Å². The SMILES string of the molecule is CCC(Cc1ccccc1)C(N)(C(N)=O)C(O)(NC(=O)c1ccc2ccccc2n1)C(=O)NCc1ccc(F)cc1. The summed E-state index contributed by atoms with van der Waals surface area (Å²) >= 11 is 0. The van der Waals surface area contributed by atoms with Crippen molar-refractivity contribution in [1.82, 2.24) is 15.6 Å². The van der Waals surface area contributed by atoms with Gasteiger partial charge in [-0.2, -0.15) is 0 Å². The molecule has 1 aromatic heterocycles. The zero-order valence-corrected chi connectivity index (χ0v) is 22.5. The monoisotopic (exact) mass is 557 g/mol. The van der Waals surface area contributed by atoms with Crippen LogP contribution in [-0.4, -0.2) is 39.1 Å². The molecule has 3 atom stereocenters. The van der Waals surface area contributed by atoms with Crippen LogP contribution >= 0.6 is 0 Å². The molecule has 9 nitrogen and oxygen atoms in total. The topological polar surface area (TPSA) is 160 Å². The largest absolute Gasteiger partial charge is 0.368 e. The average Bonchev–Trinajstić information content (AvgIpc) is 2.98. The summed E-state index contributed by atoms with van der Waals surface area (Å²) in [5, 5.41) is 17.6. The maximum absolute atomic E-state index is 13.8. The number of hydrogen-bond donors (Lipinski definition) is 5. The summed E-state index contributed by atoms with van der Waals surface area (Å²) in [5.41, 5.74) is 8.70. The number of pyridine rings is 1. The summed E-state index contributed by atoms with van der Waals surface area (Å²) in [6, 6.07) is 24.6. The molecular weight excluding hydrogens is 525 g/mol. The normalized spacial score (nSPS) is 14.8. The van der Waals surface area contributed by atoms with E-state index in [1.807, 2.05) is 30.3 Å². The van der Waals surface area contributed by atoms with Crippen LogP contribution in [0.5, 0.6) is 0 Å². The number of benzene rings is 3. The molecule has 0 aliphatic carbocycles. The van der Waals surface area contributed by atoms with Crippen LogP contribution in [0.25, 0.3) is 10.9 Å². The van der Waals surface area contributed by atoms with Crippen molar-refractivity contribution >= 4 is 28.6 Å². The van der Waals surface area contributed by atoms with Crippen LogP contribution in [0.4, 0.5) is 4.39 Å². The summed E-state index contributed by atoms with van der Waals surface area (Å²) in [6.45, 7) is 1.58. The number of primary amides is 1. The van der Waals surface area contributed by atoms with Gasteiger partial charge in [0.05, 0.1) is 5.52 Å². The van der Waals surface area contributed by atoms with Gasteiger partial charge >= 0.3 is 0 Å². The van der Waals surface area contributed by atoms with Crippen LogP contribution in [0.15, 0.2) is 91.0 Å². The van der Waals surface area contributed by atoms with Gasteiger partial charge in [-0.1, -0.05) is 80.1 Å². The van der Waals surface area contributed by atoms with Crippen molar-refractivity contribution in [2.45, 2.75) is 37.6 Å². The molecule has 10 heteroatoms. The summed E-state index contributed by atoms with van der Waals surface area (Å²) in [5.74, 6) is -4.64. The smallest absolute Gasteiger partial charge is 0.276 e. The Morgan fingerprint density at radius 1 is 0.927 bits per heavy atom. The number of aliphatic hydroxyl groups is 1. The van der Waals surface area contributed by atoms with Crippen molar-refractivity contribution in [2.24, 2.45) is 17.4 Å². The third kappa shape index (κ3) is 6.08. The van der Waals surface area contributed by atoms with Gasteiger partial charge in [0.25, 0.3) is 11.8 Å². The lowest BCUT2D eigenvalue weighted by atomic mass is 9.70. The van der Waals surface area contributed by atoms with Crippen molar-refractivity contribution in [1.29, 1.82) is 0 Å². The van der Waals surface area contributed by atoms with Gasteiger partial charge in [-0.15, -0.1) is 0 Å². The number of nitrogens with one attached hydrogen (secondary N) is 2. The minimum atomic E-state index is -3.00. The molecule has 0 aliphatic rings. The summed E-state index contributed by atoms with van der Waals surface area (Å²) in [7, 11) is 0. The van der Waals surface area contributed by atoms with Gasteiger partial charge in [0.2, 0.25) is 11.6 Å². The van der Waals surface area contributed by atoms with E-state index < -0.39 is 40.7 Å². The van der Waals surface area contributed by atoms with Crippen molar-refractivity contribution in [3.8, 4) is 0 Å². The lowest BCUT2D eigenvalue weighted by Crippen LogP contribution is -2.81. The second-order valence-corrected chi connectivity index (χ2v) is 9.89. The van der Waals surface area contributed by atoms with Gasteiger partial charge in [0.15, 0.2) is 5.54 Å². The van der Waals surface area contributed by atoms with E-state index in [-0.39, 0.29) is 25.1 Å². The number of nitrogens with zero attached hydrogens (tertiary/aromatic N) is 1. The first-order valence-electron chi connectivity index (χ1n) is 13.1. The minimum absolute atomic E-state index is 0.114. The minimum Gasteiger partial charge on any atom is -0.368 e. The number of hydrogen-bond acceptors (Lipinski definition) is 6. The van der Waals surface area contributed by atoms with Crippen molar-refractivity contribution in [3.63, 3.8) is 0 Å². The first-order chi connectivity index (χ1) is 19.6. The zero-order chi connectivity index (χ0) is 29.6. The quantitative estimate of drug-likeness (QED) is 0.178. The Kier molecular flexibility index (Phi) is 8.75. The standard InChI is InChI=1S/C31H32FN5O4/c1-2-23(18-20-8-4-3-5-9-20)30(34,28(33)39)31(41,29(40)35-19-21-12-15-24(32)16-13-21)37-27(38)26-17-14-22-10-6-7-11-25(22)36-26/h3-17,23,41H,2,18-19,34H2,1H3,(H2,33,39)(H,35,40)(H,37,38). The number of fused-ring (bicyclic) bond motifs is 1. The van der Waals surface area contributed by atoms with Crippen LogP contribution in [0.3, 0.4) is 0 Å². The Hall–Kier alpha value is -4.67. The average molecular weight is 558 g/mol. The summed E-state index contributed by atoms with van der Waals surface area (Å²) < 4.78 is 13.4. The maximum Gasteiger partial charge on any atom is 0.276 e. The van der Waals surface area contributed by atoms with Crippen LogP contribution in [-0.2, 0) is 22.6 Å². The van der Waals surface area contributed by atoms with Gasteiger partial charge in [-0.25, -0.2) is 9.37 Å². The third-order valence-electron chi connectivity index (χ3n) is 7.29. The molecule has 0 radical (unpaired) electrons. The highest BCUT2D eigenvalue weighted by atomic mass is 19.1. The fourth-order valence-electron chi connectivity index (χ4n) is 4.88. The van der Waals surface area contributed by atoms with Crippen molar-refractivity contribution in [2.75, 3.05) is 0 Å². The van der Waals surface area contributed by atoms with E-state index in [0.29, 0.717) is 11.1 Å². The Balaban J connectivity index is 1.74. The molecule has 4 rings (SSSR count). The van der Waals surface area contributed by atoms with E-state index in [2.05, 4.69) is 15.6 Å². The van der Waals surface area contributed by atoms with Gasteiger partial charge < -0.3 is 27.2 Å². The zero-order valence-electron chi connectivity index (χ0n) is 22.5. The number of para-hydroxylation sites is 1. The van der Waals surface area contributed by atoms with Crippen molar-refractivity contribution < 1.29 is 23.9 Å². The third-order valence-corrected chi connectivity index (χ3v) is 7.29. The lowest BCUT2D eigenvalue weighted by Gasteiger charge is -2.45. The van der Waals surface area contributed by atoms with E-state index >= 15 is 0 Å². The van der Waals surface area contributed by atoms with Gasteiger partial charge in [0.1, 0.15) is 11.5 Å². The first-order valence-corrected chi connectivity index (χ1v) is 13.1. The van der Waals surface area contributed by atoms with E-state index in [0.717, 1.165) is 10.9 Å². The number of nitrogens with two attached hydrogens (primary N) is 2. The van der Waals surface area contributed by atoms with Crippen molar-refractivity contribution in [3.05, 3.63) is 114 Å². The summed E-state index contributed by atoms with van der Waals surface area (Å²) in [4.78, 5) is 44.7. The van der Waals surface area contributed by atoms with Gasteiger partial charge in [0, 0.05) is 11.9 Å². The van der Waals surface area contributed by atoms with Crippen LogP contribution < -0.4 is 22.1 Å². The molecular formula is C31H32FN5O4. The molecule has 212 valence electrons. The molecule has 3 amide bonds. The van der Waals surface area contributed by atoms with E-state index in [1.54, 1.807) is 37.3 Å². The molecule has 1 heterocycles. The molecule has 3 aromatic carbocycles. The molecule has 4 aromatic rings. The molecule has 0 saturated carbocycles. The number of halogens is 1. The predicted molar refractivity (Wildman–Crippen MR) is 152 cm³/mol. The van der Waals surface area contributed by atoms with E-state index in [9.17, 15) is 23.9 Å². The molecule has 7 N–H and O–H groups in total. The van der Waals surface area contributed by atoms with Crippen LogP contribution in [0, 0.1) is 11.7 Å². The number of rotatable bonds is 11. The molecule has 0 spiro atoms. The highest BCUT2D eigenvalue weighted by molar-refractivity contribution is 6.03. The number of carbonyl (C=O) groups is 3.